The Balaban J connectivity index is 2.54. The molecule has 0 unspecified atom stereocenters. The summed E-state index contributed by atoms with van der Waals surface area (Å²) in [5, 5.41) is 2.46. The lowest BCUT2D eigenvalue weighted by atomic mass is 10.1. The summed E-state index contributed by atoms with van der Waals surface area (Å²) in [5.74, 6) is -0.786. The monoisotopic (exact) mass is 209 g/mol. The van der Waals surface area contributed by atoms with Gasteiger partial charge in [-0.15, -0.1) is 0 Å². The summed E-state index contributed by atoms with van der Waals surface area (Å²) >= 11 is 0. The second kappa shape index (κ2) is 5.24. The third kappa shape index (κ3) is 3.50. The summed E-state index contributed by atoms with van der Waals surface area (Å²) in [7, 11) is 0. The molecule has 0 aliphatic rings. The van der Waals surface area contributed by atoms with E-state index < -0.39 is 0 Å². The molecule has 0 saturated carbocycles. The van der Waals surface area contributed by atoms with Crippen molar-refractivity contribution in [3.8, 4) is 0 Å². The minimum absolute atomic E-state index is 0.0433. The number of nitrogens with one attached hydrogen (secondary N) is 1. The predicted molar refractivity (Wildman–Crippen MR) is 54.0 cm³/mol. The highest BCUT2D eigenvalue weighted by Crippen LogP contribution is 2.02. The van der Waals surface area contributed by atoms with Gasteiger partial charge in [0.2, 0.25) is 5.91 Å². The molecule has 80 valence electrons. The lowest BCUT2D eigenvalue weighted by Gasteiger charge is -2.02. The fourth-order valence-corrected chi connectivity index (χ4v) is 1.04. The van der Waals surface area contributed by atoms with Crippen LogP contribution >= 0.6 is 0 Å². The van der Waals surface area contributed by atoms with E-state index in [1.165, 1.54) is 24.3 Å². The fourth-order valence-electron chi connectivity index (χ4n) is 1.04. The molecule has 0 aromatic heterocycles. The van der Waals surface area contributed by atoms with Crippen molar-refractivity contribution < 1.29 is 14.0 Å². The van der Waals surface area contributed by atoms with Gasteiger partial charge >= 0.3 is 0 Å². The molecule has 0 fully saturated rings. The number of amides is 1. The van der Waals surface area contributed by atoms with E-state index in [2.05, 4.69) is 5.32 Å². The highest BCUT2D eigenvalue weighted by molar-refractivity contribution is 5.99. The lowest BCUT2D eigenvalue weighted by Crippen LogP contribution is -2.28. The van der Waals surface area contributed by atoms with Crippen LogP contribution < -0.4 is 5.32 Å². The Morgan fingerprint density at radius 3 is 2.40 bits per heavy atom. The van der Waals surface area contributed by atoms with E-state index in [1.54, 1.807) is 6.92 Å². The molecule has 0 atom stereocenters. The molecule has 1 aromatic rings. The van der Waals surface area contributed by atoms with Crippen LogP contribution in [0.4, 0.5) is 4.39 Å². The highest BCUT2D eigenvalue weighted by Gasteiger charge is 2.06. The third-order valence-electron chi connectivity index (χ3n) is 1.93. The van der Waals surface area contributed by atoms with Crippen LogP contribution in [0.3, 0.4) is 0 Å². The van der Waals surface area contributed by atoms with Crippen LogP contribution in [0.25, 0.3) is 0 Å². The molecule has 0 spiro atoms. The van der Waals surface area contributed by atoms with E-state index in [0.717, 1.165) is 0 Å². The quantitative estimate of drug-likeness (QED) is 0.764. The summed E-state index contributed by atoms with van der Waals surface area (Å²) in [6.07, 6.45) is 0.344. The van der Waals surface area contributed by atoms with Gasteiger partial charge in [0.25, 0.3) is 0 Å². The van der Waals surface area contributed by atoms with Crippen molar-refractivity contribution >= 4 is 11.7 Å². The molecule has 1 aromatic carbocycles. The van der Waals surface area contributed by atoms with Gasteiger partial charge in [-0.05, 0) is 24.3 Å². The standard InChI is InChI=1S/C11H12FNO2/c1-2-11(15)13-7-10(14)8-3-5-9(12)6-4-8/h3-6H,2,7H2,1H3,(H,13,15). The van der Waals surface area contributed by atoms with Crippen LogP contribution in [0.15, 0.2) is 24.3 Å². The van der Waals surface area contributed by atoms with Crippen LogP contribution in [0.2, 0.25) is 0 Å². The normalized spacial score (nSPS) is 9.73. The maximum Gasteiger partial charge on any atom is 0.220 e. The first kappa shape index (κ1) is 11.4. The largest absolute Gasteiger partial charge is 0.349 e. The summed E-state index contributed by atoms with van der Waals surface area (Å²) < 4.78 is 12.5. The average Bonchev–Trinajstić information content (AvgIpc) is 2.26. The van der Waals surface area contributed by atoms with E-state index in [1.807, 2.05) is 0 Å². The SMILES string of the molecule is CCC(=O)NCC(=O)c1ccc(F)cc1. The van der Waals surface area contributed by atoms with E-state index in [-0.39, 0.29) is 24.1 Å². The highest BCUT2D eigenvalue weighted by atomic mass is 19.1. The van der Waals surface area contributed by atoms with E-state index in [9.17, 15) is 14.0 Å². The number of hydrogen-bond acceptors (Lipinski definition) is 2. The minimum Gasteiger partial charge on any atom is -0.349 e. The first-order valence-corrected chi connectivity index (χ1v) is 4.69. The van der Waals surface area contributed by atoms with E-state index in [4.69, 9.17) is 0 Å². The van der Waals surface area contributed by atoms with Gasteiger partial charge in [-0.25, -0.2) is 4.39 Å². The zero-order valence-electron chi connectivity index (χ0n) is 8.42. The number of benzene rings is 1. The first-order chi connectivity index (χ1) is 7.13. The van der Waals surface area contributed by atoms with E-state index in [0.29, 0.717) is 12.0 Å². The smallest absolute Gasteiger partial charge is 0.220 e. The molecule has 15 heavy (non-hydrogen) atoms. The Kier molecular flexibility index (Phi) is 3.97. The van der Waals surface area contributed by atoms with Crippen LogP contribution in [0.5, 0.6) is 0 Å². The van der Waals surface area contributed by atoms with Crippen molar-refractivity contribution in [1.82, 2.24) is 5.32 Å². The number of Topliss-reactive ketones (excluding diaryl/α,β-unsaturated/α-hetero) is 1. The summed E-state index contributed by atoms with van der Waals surface area (Å²) in [4.78, 5) is 22.3. The Labute approximate surface area is 87.3 Å². The van der Waals surface area contributed by atoms with E-state index >= 15 is 0 Å². The van der Waals surface area contributed by atoms with Gasteiger partial charge in [0.15, 0.2) is 5.78 Å². The summed E-state index contributed by atoms with van der Waals surface area (Å²) in [5.41, 5.74) is 0.396. The zero-order chi connectivity index (χ0) is 11.3. The van der Waals surface area contributed by atoms with Gasteiger partial charge in [0.05, 0.1) is 6.54 Å². The van der Waals surface area contributed by atoms with Gasteiger partial charge in [0, 0.05) is 12.0 Å². The van der Waals surface area contributed by atoms with Crippen molar-refractivity contribution in [3.05, 3.63) is 35.6 Å². The molecule has 0 aliphatic heterocycles. The zero-order valence-corrected chi connectivity index (χ0v) is 8.42. The second-order valence-corrected chi connectivity index (χ2v) is 3.06. The Hall–Kier alpha value is -1.71. The molecule has 3 nitrogen and oxygen atoms in total. The molecule has 4 heteroatoms. The molecule has 0 saturated heterocycles. The van der Waals surface area contributed by atoms with Crippen LogP contribution in [0, 0.1) is 5.82 Å². The van der Waals surface area contributed by atoms with Crippen molar-refractivity contribution in [2.24, 2.45) is 0 Å². The number of ketones is 1. The van der Waals surface area contributed by atoms with Crippen LogP contribution in [-0.4, -0.2) is 18.2 Å². The third-order valence-corrected chi connectivity index (χ3v) is 1.93. The number of hydrogen-bond donors (Lipinski definition) is 1. The first-order valence-electron chi connectivity index (χ1n) is 4.69. The van der Waals surface area contributed by atoms with Crippen LogP contribution in [0.1, 0.15) is 23.7 Å². The Bertz CT molecular complexity index is 359. The van der Waals surface area contributed by atoms with Gasteiger partial charge in [-0.2, -0.15) is 0 Å². The molecule has 0 heterocycles. The van der Waals surface area contributed by atoms with Gasteiger partial charge in [0.1, 0.15) is 5.82 Å². The van der Waals surface area contributed by atoms with Crippen molar-refractivity contribution in [2.75, 3.05) is 6.54 Å². The number of rotatable bonds is 4. The lowest BCUT2D eigenvalue weighted by molar-refractivity contribution is -0.120. The summed E-state index contributed by atoms with van der Waals surface area (Å²) in [6.45, 7) is 1.66. The molecular weight excluding hydrogens is 197 g/mol. The van der Waals surface area contributed by atoms with Crippen molar-refractivity contribution in [3.63, 3.8) is 0 Å². The molecule has 1 amide bonds. The fraction of sp³-hybridized carbons (Fsp3) is 0.273. The maximum absolute atomic E-state index is 12.5. The predicted octanol–water partition coefficient (Wildman–Crippen LogP) is 1.53. The Morgan fingerprint density at radius 2 is 1.87 bits per heavy atom. The number of halogens is 1. The van der Waals surface area contributed by atoms with Gasteiger partial charge < -0.3 is 5.32 Å². The molecule has 0 radical (unpaired) electrons. The average molecular weight is 209 g/mol. The van der Waals surface area contributed by atoms with Gasteiger partial charge in [-0.1, -0.05) is 6.92 Å². The maximum atomic E-state index is 12.5. The molecule has 0 aliphatic carbocycles. The second-order valence-electron chi connectivity index (χ2n) is 3.06. The van der Waals surface area contributed by atoms with Crippen LogP contribution in [-0.2, 0) is 4.79 Å². The van der Waals surface area contributed by atoms with Crippen molar-refractivity contribution in [1.29, 1.82) is 0 Å². The summed E-state index contributed by atoms with van der Waals surface area (Å²) in [6, 6.07) is 5.23. The minimum atomic E-state index is -0.385. The van der Waals surface area contributed by atoms with Gasteiger partial charge in [-0.3, -0.25) is 9.59 Å². The van der Waals surface area contributed by atoms with Crippen molar-refractivity contribution in [2.45, 2.75) is 13.3 Å². The Morgan fingerprint density at radius 1 is 1.27 bits per heavy atom. The molecule has 1 N–H and O–H groups in total. The molecular formula is C11H12FNO2. The number of carbonyl (C=O) groups excluding carboxylic acids is 2. The number of carbonyl (C=O) groups is 2. The topological polar surface area (TPSA) is 46.2 Å². The molecule has 0 bridgehead atoms. The molecule has 1 rings (SSSR count).